The molecule has 1 aromatic rings. The fourth-order valence-electron chi connectivity index (χ4n) is 2.84. The normalized spacial score (nSPS) is 30.3. The van der Waals surface area contributed by atoms with Crippen molar-refractivity contribution in [2.75, 3.05) is 7.05 Å². The summed E-state index contributed by atoms with van der Waals surface area (Å²) in [5, 5.41) is 7.79. The van der Waals surface area contributed by atoms with Crippen LogP contribution in [0.4, 0.5) is 0 Å². The maximum absolute atomic E-state index is 3.96. The van der Waals surface area contributed by atoms with Crippen molar-refractivity contribution in [2.45, 2.75) is 31.3 Å². The molecule has 0 unspecified atom stereocenters. The van der Waals surface area contributed by atoms with E-state index < -0.39 is 0 Å². The standard InChI is InChI=1S/C12H15N3/c1-15-10-2-4-11(12(15)5-3-10)9-6-7-13-14-8-9/h4,6-8,10,12H,2-3,5H2,1H3/t10-,12-/m1/s1. The first-order valence-corrected chi connectivity index (χ1v) is 5.55. The maximum atomic E-state index is 3.96. The lowest BCUT2D eigenvalue weighted by molar-refractivity contribution is 0.267. The topological polar surface area (TPSA) is 29.0 Å². The van der Waals surface area contributed by atoms with E-state index >= 15 is 0 Å². The molecule has 0 aliphatic carbocycles. The fourth-order valence-corrected chi connectivity index (χ4v) is 2.84. The van der Waals surface area contributed by atoms with Crippen molar-refractivity contribution in [2.24, 2.45) is 0 Å². The second-order valence-electron chi connectivity index (χ2n) is 4.44. The van der Waals surface area contributed by atoms with Crippen molar-refractivity contribution in [3.05, 3.63) is 30.1 Å². The Kier molecular flexibility index (Phi) is 2.06. The van der Waals surface area contributed by atoms with E-state index in [0.717, 1.165) is 6.04 Å². The van der Waals surface area contributed by atoms with Gasteiger partial charge in [-0.2, -0.15) is 10.2 Å². The van der Waals surface area contributed by atoms with Gasteiger partial charge in [0.1, 0.15) is 0 Å². The number of rotatable bonds is 1. The Labute approximate surface area is 89.8 Å². The molecule has 2 aliphatic heterocycles. The van der Waals surface area contributed by atoms with Crippen molar-refractivity contribution in [3.63, 3.8) is 0 Å². The van der Waals surface area contributed by atoms with E-state index in [4.69, 9.17) is 0 Å². The molecule has 3 nitrogen and oxygen atoms in total. The molecule has 0 saturated carbocycles. The van der Waals surface area contributed by atoms with Gasteiger partial charge in [0.05, 0.1) is 12.4 Å². The van der Waals surface area contributed by atoms with Crippen LogP contribution in [0.2, 0.25) is 0 Å². The van der Waals surface area contributed by atoms with Crippen LogP contribution < -0.4 is 0 Å². The second kappa shape index (κ2) is 3.42. The molecular formula is C12H15N3. The number of likely N-dealkylation sites (N-methyl/N-ethyl adjacent to an activating group) is 1. The molecule has 1 fully saturated rings. The minimum atomic E-state index is 0.605. The van der Waals surface area contributed by atoms with Crippen molar-refractivity contribution in [3.8, 4) is 0 Å². The number of fused-ring (bicyclic) bond motifs is 2. The van der Waals surface area contributed by atoms with Crippen LogP contribution in [0.25, 0.3) is 5.57 Å². The largest absolute Gasteiger partial charge is 0.296 e. The molecule has 0 spiro atoms. The summed E-state index contributed by atoms with van der Waals surface area (Å²) in [4.78, 5) is 2.51. The summed E-state index contributed by atoms with van der Waals surface area (Å²) >= 11 is 0. The predicted octanol–water partition coefficient (Wildman–Crippen LogP) is 1.73. The fraction of sp³-hybridized carbons (Fsp3) is 0.500. The highest BCUT2D eigenvalue weighted by atomic mass is 15.2. The highest BCUT2D eigenvalue weighted by Crippen LogP contribution is 2.38. The Morgan fingerprint density at radius 1 is 1.33 bits per heavy atom. The molecule has 2 bridgehead atoms. The van der Waals surface area contributed by atoms with Gasteiger partial charge in [-0.3, -0.25) is 4.90 Å². The molecule has 0 radical (unpaired) electrons. The van der Waals surface area contributed by atoms with Crippen LogP contribution in [-0.4, -0.2) is 34.2 Å². The van der Waals surface area contributed by atoms with Crippen LogP contribution in [-0.2, 0) is 0 Å². The quantitative estimate of drug-likeness (QED) is 0.693. The monoisotopic (exact) mass is 201 g/mol. The van der Waals surface area contributed by atoms with Crippen LogP contribution in [0.1, 0.15) is 24.8 Å². The van der Waals surface area contributed by atoms with E-state index in [1.165, 1.54) is 30.4 Å². The third-order valence-corrected chi connectivity index (χ3v) is 3.73. The second-order valence-corrected chi connectivity index (χ2v) is 4.44. The first-order chi connectivity index (χ1) is 7.36. The van der Waals surface area contributed by atoms with Crippen molar-refractivity contribution in [1.29, 1.82) is 0 Å². The van der Waals surface area contributed by atoms with E-state index in [-0.39, 0.29) is 0 Å². The van der Waals surface area contributed by atoms with E-state index in [1.54, 1.807) is 6.20 Å². The van der Waals surface area contributed by atoms with Gasteiger partial charge in [0.15, 0.2) is 0 Å². The van der Waals surface area contributed by atoms with E-state index in [9.17, 15) is 0 Å². The molecule has 1 aromatic heterocycles. The molecule has 15 heavy (non-hydrogen) atoms. The van der Waals surface area contributed by atoms with Crippen LogP contribution in [0, 0.1) is 0 Å². The summed E-state index contributed by atoms with van der Waals surface area (Å²) in [6, 6.07) is 3.44. The predicted molar refractivity (Wildman–Crippen MR) is 59.2 cm³/mol. The zero-order valence-electron chi connectivity index (χ0n) is 8.93. The van der Waals surface area contributed by atoms with Gasteiger partial charge < -0.3 is 0 Å². The minimum absolute atomic E-state index is 0.605. The van der Waals surface area contributed by atoms with Gasteiger partial charge in [0.2, 0.25) is 0 Å². The summed E-state index contributed by atoms with van der Waals surface area (Å²) in [6.45, 7) is 0. The van der Waals surface area contributed by atoms with Gasteiger partial charge >= 0.3 is 0 Å². The Balaban J connectivity index is 1.97. The Morgan fingerprint density at radius 3 is 3.07 bits per heavy atom. The van der Waals surface area contributed by atoms with E-state index in [1.807, 2.05) is 6.20 Å². The zero-order valence-corrected chi connectivity index (χ0v) is 8.93. The number of hydrogen-bond donors (Lipinski definition) is 0. The lowest BCUT2D eigenvalue weighted by atomic mass is 9.96. The highest BCUT2D eigenvalue weighted by molar-refractivity contribution is 5.70. The first kappa shape index (κ1) is 9.04. The third-order valence-electron chi connectivity index (χ3n) is 3.73. The summed E-state index contributed by atoms with van der Waals surface area (Å²) in [5.41, 5.74) is 2.68. The molecule has 3 heteroatoms. The highest BCUT2D eigenvalue weighted by Gasteiger charge is 2.35. The van der Waals surface area contributed by atoms with Crippen LogP contribution in [0.5, 0.6) is 0 Å². The number of nitrogens with zero attached hydrogens (tertiary/aromatic N) is 3. The molecule has 2 atom stereocenters. The van der Waals surface area contributed by atoms with Gasteiger partial charge in [-0.25, -0.2) is 0 Å². The first-order valence-electron chi connectivity index (χ1n) is 5.55. The van der Waals surface area contributed by atoms with Crippen LogP contribution in [0.3, 0.4) is 0 Å². The number of hydrogen-bond acceptors (Lipinski definition) is 3. The van der Waals surface area contributed by atoms with Gasteiger partial charge in [-0.15, -0.1) is 0 Å². The van der Waals surface area contributed by atoms with Crippen molar-refractivity contribution in [1.82, 2.24) is 15.1 Å². The summed E-state index contributed by atoms with van der Waals surface area (Å²) in [6.07, 6.45) is 9.84. The summed E-state index contributed by atoms with van der Waals surface area (Å²) in [5.74, 6) is 0. The SMILES string of the molecule is CN1[C@@H]2CC=C(c3ccnnc3)[C@H]1CC2. The molecule has 0 amide bonds. The van der Waals surface area contributed by atoms with Gasteiger partial charge in [0.25, 0.3) is 0 Å². The Hall–Kier alpha value is -1.22. The van der Waals surface area contributed by atoms with Gasteiger partial charge in [-0.05, 0) is 37.9 Å². The smallest absolute Gasteiger partial charge is 0.0571 e. The zero-order chi connectivity index (χ0) is 10.3. The van der Waals surface area contributed by atoms with E-state index in [2.05, 4.69) is 34.3 Å². The molecule has 78 valence electrons. The van der Waals surface area contributed by atoms with Crippen LogP contribution >= 0.6 is 0 Å². The summed E-state index contributed by atoms with van der Waals surface area (Å²) < 4.78 is 0. The van der Waals surface area contributed by atoms with Gasteiger partial charge in [-0.1, -0.05) is 6.08 Å². The van der Waals surface area contributed by atoms with Crippen molar-refractivity contribution >= 4 is 5.57 Å². The summed E-state index contributed by atoms with van der Waals surface area (Å²) in [7, 11) is 2.24. The molecule has 1 saturated heterocycles. The molecule has 0 aromatic carbocycles. The van der Waals surface area contributed by atoms with Crippen LogP contribution in [0.15, 0.2) is 24.5 Å². The Bertz CT molecular complexity index is 385. The lowest BCUT2D eigenvalue weighted by Crippen LogP contribution is -2.35. The molecular weight excluding hydrogens is 186 g/mol. The Morgan fingerprint density at radius 2 is 2.27 bits per heavy atom. The third kappa shape index (κ3) is 1.38. The number of aromatic nitrogens is 2. The molecule has 3 rings (SSSR count). The lowest BCUT2D eigenvalue weighted by Gasteiger charge is -2.31. The molecule has 3 heterocycles. The van der Waals surface area contributed by atoms with E-state index in [0.29, 0.717) is 6.04 Å². The van der Waals surface area contributed by atoms with Gasteiger partial charge in [0, 0.05) is 17.6 Å². The average molecular weight is 201 g/mol. The average Bonchev–Trinajstić information content (AvgIpc) is 2.54. The van der Waals surface area contributed by atoms with Crippen molar-refractivity contribution < 1.29 is 0 Å². The molecule has 2 aliphatic rings. The molecule has 0 N–H and O–H groups in total. The minimum Gasteiger partial charge on any atom is -0.296 e. The maximum Gasteiger partial charge on any atom is 0.0571 e.